The summed E-state index contributed by atoms with van der Waals surface area (Å²) in [6.07, 6.45) is -3.39. The number of sulfone groups is 1. The molecule has 1 N–H and O–H groups in total. The van der Waals surface area contributed by atoms with Gasteiger partial charge < -0.3 is 5.32 Å². The summed E-state index contributed by atoms with van der Waals surface area (Å²) >= 11 is 0. The number of hydrogen-bond donors (Lipinski definition) is 1. The van der Waals surface area contributed by atoms with E-state index in [4.69, 9.17) is 0 Å². The fraction of sp³-hybridized carbons (Fsp3) is 0.188. The number of benzene rings is 2. The number of alkyl halides is 3. The summed E-state index contributed by atoms with van der Waals surface area (Å²) in [5, 5.41) is 2.38. The molecule has 0 atom stereocenters. The van der Waals surface area contributed by atoms with Crippen LogP contribution in [0.4, 0.5) is 18.9 Å². The number of anilines is 1. The Hall–Kier alpha value is -2.35. The Morgan fingerprint density at radius 2 is 1.71 bits per heavy atom. The van der Waals surface area contributed by atoms with Crippen LogP contribution in [0.2, 0.25) is 0 Å². The highest BCUT2D eigenvalue weighted by molar-refractivity contribution is 7.89. The topological polar surface area (TPSA) is 63.2 Å². The molecule has 0 saturated carbocycles. The molecular formula is C16H14F3NO3S. The molecule has 4 nitrogen and oxygen atoms in total. The second-order valence-electron chi connectivity index (χ2n) is 5.30. The Bertz CT molecular complexity index is 844. The Balaban J connectivity index is 2.13. The van der Waals surface area contributed by atoms with Crippen LogP contribution < -0.4 is 5.32 Å². The SMILES string of the molecule is CS(=O)(=O)Cc1ccc(C(=O)Nc2cccc(C(F)(F)F)c2)cc1. The summed E-state index contributed by atoms with van der Waals surface area (Å²) in [5.74, 6) is -0.733. The molecule has 0 bridgehead atoms. The Kier molecular flexibility index (Phi) is 4.98. The highest BCUT2D eigenvalue weighted by atomic mass is 32.2. The number of carbonyl (C=O) groups is 1. The van der Waals surface area contributed by atoms with Crippen molar-refractivity contribution in [1.29, 1.82) is 0 Å². The minimum Gasteiger partial charge on any atom is -0.322 e. The maximum atomic E-state index is 12.6. The molecule has 2 aromatic rings. The van der Waals surface area contributed by atoms with E-state index in [9.17, 15) is 26.4 Å². The van der Waals surface area contributed by atoms with Crippen molar-refractivity contribution in [2.24, 2.45) is 0 Å². The molecule has 0 aliphatic carbocycles. The number of hydrogen-bond acceptors (Lipinski definition) is 3. The van der Waals surface area contributed by atoms with Gasteiger partial charge in [0.05, 0.1) is 11.3 Å². The van der Waals surface area contributed by atoms with Gasteiger partial charge in [0.15, 0.2) is 9.84 Å². The molecule has 0 heterocycles. The zero-order valence-electron chi connectivity index (χ0n) is 12.6. The number of carbonyl (C=O) groups excluding carboxylic acids is 1. The normalized spacial score (nSPS) is 12.0. The minimum absolute atomic E-state index is 0.0232. The van der Waals surface area contributed by atoms with Crippen molar-refractivity contribution in [3.8, 4) is 0 Å². The van der Waals surface area contributed by atoms with E-state index in [2.05, 4.69) is 5.32 Å². The molecule has 1 amide bonds. The zero-order chi connectivity index (χ0) is 18.0. The summed E-state index contributed by atoms with van der Waals surface area (Å²) in [6.45, 7) is 0. The Morgan fingerprint density at radius 3 is 2.25 bits per heavy atom. The van der Waals surface area contributed by atoms with Gasteiger partial charge in [-0.05, 0) is 35.9 Å². The number of halogens is 3. The molecule has 0 fully saturated rings. The van der Waals surface area contributed by atoms with Gasteiger partial charge in [-0.2, -0.15) is 13.2 Å². The van der Waals surface area contributed by atoms with E-state index in [0.717, 1.165) is 18.4 Å². The van der Waals surface area contributed by atoms with Gasteiger partial charge >= 0.3 is 6.18 Å². The molecular weight excluding hydrogens is 343 g/mol. The summed E-state index contributed by atoms with van der Waals surface area (Å²) < 4.78 is 60.3. The first-order valence-electron chi connectivity index (χ1n) is 6.80. The summed E-state index contributed by atoms with van der Waals surface area (Å²) in [4.78, 5) is 12.1. The molecule has 0 unspecified atom stereocenters. The average molecular weight is 357 g/mol. The third-order valence-corrected chi connectivity index (χ3v) is 3.95. The second-order valence-corrected chi connectivity index (χ2v) is 7.44. The fourth-order valence-corrected chi connectivity index (χ4v) is 2.83. The monoisotopic (exact) mass is 357 g/mol. The van der Waals surface area contributed by atoms with E-state index >= 15 is 0 Å². The molecule has 0 aliphatic rings. The third-order valence-electron chi connectivity index (χ3n) is 3.09. The second kappa shape index (κ2) is 6.64. The lowest BCUT2D eigenvalue weighted by atomic mass is 10.1. The van der Waals surface area contributed by atoms with Crippen molar-refractivity contribution in [1.82, 2.24) is 0 Å². The first-order valence-corrected chi connectivity index (χ1v) is 8.86. The lowest BCUT2D eigenvalue weighted by Crippen LogP contribution is -2.13. The van der Waals surface area contributed by atoms with E-state index in [0.29, 0.717) is 5.56 Å². The van der Waals surface area contributed by atoms with Crippen molar-refractivity contribution < 1.29 is 26.4 Å². The van der Waals surface area contributed by atoms with Gasteiger partial charge in [0.1, 0.15) is 0 Å². The first kappa shape index (κ1) is 18.0. The largest absolute Gasteiger partial charge is 0.416 e. The lowest BCUT2D eigenvalue weighted by molar-refractivity contribution is -0.137. The van der Waals surface area contributed by atoms with Gasteiger partial charge in [-0.1, -0.05) is 18.2 Å². The predicted molar refractivity (Wildman–Crippen MR) is 84.4 cm³/mol. The van der Waals surface area contributed by atoms with Crippen molar-refractivity contribution in [3.05, 3.63) is 65.2 Å². The van der Waals surface area contributed by atoms with Gasteiger partial charge in [0.2, 0.25) is 0 Å². The standard InChI is InChI=1S/C16H14F3NO3S/c1-24(22,23)10-11-5-7-12(8-6-11)15(21)20-14-4-2-3-13(9-14)16(17,18)19/h2-9H,10H2,1H3,(H,20,21). The highest BCUT2D eigenvalue weighted by Crippen LogP contribution is 2.30. The number of amides is 1. The van der Waals surface area contributed by atoms with Crippen molar-refractivity contribution >= 4 is 21.4 Å². The molecule has 24 heavy (non-hydrogen) atoms. The molecule has 0 radical (unpaired) electrons. The predicted octanol–water partition coefficient (Wildman–Crippen LogP) is 3.50. The molecule has 0 saturated heterocycles. The quantitative estimate of drug-likeness (QED) is 0.911. The molecule has 0 aliphatic heterocycles. The molecule has 2 aromatic carbocycles. The van der Waals surface area contributed by atoms with Crippen LogP contribution in [0.1, 0.15) is 21.5 Å². The average Bonchev–Trinajstić information content (AvgIpc) is 2.45. The first-order chi connectivity index (χ1) is 11.0. The van der Waals surface area contributed by atoms with Crippen LogP contribution in [0.3, 0.4) is 0 Å². The maximum absolute atomic E-state index is 12.6. The van der Waals surface area contributed by atoms with E-state index in [-0.39, 0.29) is 17.0 Å². The highest BCUT2D eigenvalue weighted by Gasteiger charge is 2.30. The van der Waals surface area contributed by atoms with Crippen LogP contribution in [0.25, 0.3) is 0 Å². The molecule has 128 valence electrons. The minimum atomic E-state index is -4.49. The summed E-state index contributed by atoms with van der Waals surface area (Å²) in [6, 6.07) is 10.1. The van der Waals surface area contributed by atoms with E-state index in [1.165, 1.54) is 36.4 Å². The third kappa shape index (κ3) is 5.09. The molecule has 8 heteroatoms. The molecule has 0 aromatic heterocycles. The van der Waals surface area contributed by atoms with Gasteiger partial charge in [0.25, 0.3) is 5.91 Å². The van der Waals surface area contributed by atoms with Gasteiger partial charge in [-0.25, -0.2) is 8.42 Å². The van der Waals surface area contributed by atoms with Gasteiger partial charge in [0, 0.05) is 17.5 Å². The van der Waals surface area contributed by atoms with Crippen LogP contribution in [0, 0.1) is 0 Å². The van der Waals surface area contributed by atoms with Crippen LogP contribution in [-0.2, 0) is 21.8 Å². The van der Waals surface area contributed by atoms with E-state index < -0.39 is 27.5 Å². The summed E-state index contributed by atoms with van der Waals surface area (Å²) in [5.41, 5.74) is -0.100. The lowest BCUT2D eigenvalue weighted by Gasteiger charge is -2.10. The molecule has 2 rings (SSSR count). The van der Waals surface area contributed by atoms with Gasteiger partial charge in [-0.15, -0.1) is 0 Å². The fourth-order valence-electron chi connectivity index (χ4n) is 2.03. The van der Waals surface area contributed by atoms with E-state index in [1.54, 1.807) is 0 Å². The van der Waals surface area contributed by atoms with Crippen molar-refractivity contribution in [2.45, 2.75) is 11.9 Å². The van der Waals surface area contributed by atoms with Crippen molar-refractivity contribution in [3.63, 3.8) is 0 Å². The van der Waals surface area contributed by atoms with Crippen LogP contribution in [-0.4, -0.2) is 20.6 Å². The van der Waals surface area contributed by atoms with E-state index in [1.807, 2.05) is 0 Å². The Labute approximate surface area is 137 Å². The number of nitrogens with one attached hydrogen (secondary N) is 1. The van der Waals surface area contributed by atoms with Crippen LogP contribution >= 0.6 is 0 Å². The van der Waals surface area contributed by atoms with Gasteiger partial charge in [-0.3, -0.25) is 4.79 Å². The van der Waals surface area contributed by atoms with Crippen LogP contribution in [0.15, 0.2) is 48.5 Å². The smallest absolute Gasteiger partial charge is 0.322 e. The maximum Gasteiger partial charge on any atom is 0.416 e. The zero-order valence-corrected chi connectivity index (χ0v) is 13.4. The summed E-state index contributed by atoms with van der Waals surface area (Å²) in [7, 11) is -3.18. The molecule has 0 spiro atoms. The number of rotatable bonds is 4. The van der Waals surface area contributed by atoms with Crippen molar-refractivity contribution in [2.75, 3.05) is 11.6 Å². The van der Waals surface area contributed by atoms with Crippen LogP contribution in [0.5, 0.6) is 0 Å². The Morgan fingerprint density at radius 1 is 1.08 bits per heavy atom.